The van der Waals surface area contributed by atoms with Gasteiger partial charge in [-0.05, 0) is 30.5 Å². The summed E-state index contributed by atoms with van der Waals surface area (Å²) in [6.45, 7) is 1.48. The van der Waals surface area contributed by atoms with Crippen molar-refractivity contribution in [1.29, 1.82) is 0 Å². The molecule has 3 nitrogen and oxygen atoms in total. The van der Waals surface area contributed by atoms with Gasteiger partial charge in [0.15, 0.2) is 0 Å². The molecule has 2 aliphatic rings. The third kappa shape index (κ3) is 2.59. The van der Waals surface area contributed by atoms with E-state index in [4.69, 9.17) is 17.3 Å². The van der Waals surface area contributed by atoms with Gasteiger partial charge in [0.25, 0.3) is 5.91 Å². The Morgan fingerprint density at radius 1 is 1.44 bits per heavy atom. The van der Waals surface area contributed by atoms with Crippen molar-refractivity contribution >= 4 is 42.3 Å². The molecule has 1 aromatic rings. The molecule has 2 unspecified atom stereocenters. The van der Waals surface area contributed by atoms with Crippen LogP contribution in [-0.2, 0) is 0 Å². The molecule has 1 aliphatic heterocycles. The Labute approximate surface area is 123 Å². The Hall–Kier alpha value is -0.480. The van der Waals surface area contributed by atoms with E-state index in [2.05, 4.69) is 0 Å². The minimum absolute atomic E-state index is 0. The molecule has 2 atom stereocenters. The van der Waals surface area contributed by atoms with Gasteiger partial charge in [0, 0.05) is 29.2 Å². The van der Waals surface area contributed by atoms with Gasteiger partial charge in [-0.1, -0.05) is 17.7 Å². The van der Waals surface area contributed by atoms with E-state index in [-0.39, 0.29) is 36.3 Å². The molecule has 100 valence electrons. The summed E-state index contributed by atoms with van der Waals surface area (Å²) >= 11 is 5.86. The topological polar surface area (TPSA) is 46.3 Å². The van der Waals surface area contributed by atoms with Gasteiger partial charge in [-0.25, -0.2) is 0 Å². The van der Waals surface area contributed by atoms with Gasteiger partial charge in [0.05, 0.1) is 0 Å². The van der Waals surface area contributed by atoms with Gasteiger partial charge in [-0.2, -0.15) is 0 Å². The summed E-state index contributed by atoms with van der Waals surface area (Å²) in [5.74, 6) is 0.551. The summed E-state index contributed by atoms with van der Waals surface area (Å²) in [6.07, 6.45) is 1.06. The molecule has 0 aromatic heterocycles. The summed E-state index contributed by atoms with van der Waals surface area (Å²) in [5, 5.41) is 0.595. The second-order valence-corrected chi connectivity index (χ2v) is 5.27. The van der Waals surface area contributed by atoms with E-state index in [1.807, 2.05) is 4.90 Å². The molecule has 1 saturated heterocycles. The van der Waals surface area contributed by atoms with Gasteiger partial charge >= 0.3 is 0 Å². The summed E-state index contributed by atoms with van der Waals surface area (Å²) in [4.78, 5) is 14.0. The lowest BCUT2D eigenvalue weighted by atomic mass is 10.2. The van der Waals surface area contributed by atoms with Crippen LogP contribution < -0.4 is 5.73 Å². The van der Waals surface area contributed by atoms with Crippen molar-refractivity contribution in [2.45, 2.75) is 12.0 Å². The Bertz CT molecular complexity index is 468. The zero-order valence-corrected chi connectivity index (χ0v) is 12.0. The number of carbonyl (C=O) groups excluding carboxylic acids is 1. The normalized spacial score (nSPS) is 27.9. The number of hydrogen-bond acceptors (Lipinski definition) is 2. The quantitative estimate of drug-likeness (QED) is 0.865. The number of nitrogens with zero attached hydrogens (tertiary/aromatic N) is 1. The Kier molecular flexibility index (Phi) is 4.55. The molecule has 0 radical (unpaired) electrons. The Morgan fingerprint density at radius 3 is 2.72 bits per heavy atom. The second-order valence-electron chi connectivity index (χ2n) is 4.83. The fourth-order valence-electron chi connectivity index (χ4n) is 2.48. The van der Waals surface area contributed by atoms with E-state index in [0.29, 0.717) is 23.0 Å². The van der Waals surface area contributed by atoms with Gasteiger partial charge in [0.2, 0.25) is 0 Å². The first-order valence-corrected chi connectivity index (χ1v) is 5.80. The van der Waals surface area contributed by atoms with Crippen LogP contribution in [0.2, 0.25) is 5.02 Å². The number of benzene rings is 1. The smallest absolute Gasteiger partial charge is 0.253 e. The van der Waals surface area contributed by atoms with Gasteiger partial charge in [-0.15, -0.1) is 24.8 Å². The number of halogens is 3. The summed E-state index contributed by atoms with van der Waals surface area (Å²) in [5.41, 5.74) is 6.63. The van der Waals surface area contributed by atoms with Crippen LogP contribution in [0.5, 0.6) is 0 Å². The second kappa shape index (κ2) is 5.25. The number of amides is 1. The first-order valence-electron chi connectivity index (χ1n) is 5.42. The highest BCUT2D eigenvalue weighted by molar-refractivity contribution is 6.30. The van der Waals surface area contributed by atoms with Gasteiger partial charge in [0.1, 0.15) is 0 Å². The van der Waals surface area contributed by atoms with Crippen molar-refractivity contribution in [2.24, 2.45) is 11.7 Å². The van der Waals surface area contributed by atoms with E-state index >= 15 is 0 Å². The average Bonchev–Trinajstić information content (AvgIpc) is 2.76. The predicted octanol–water partition coefficient (Wildman–Crippen LogP) is 2.36. The van der Waals surface area contributed by atoms with Crippen molar-refractivity contribution in [1.82, 2.24) is 4.90 Å². The molecule has 1 aliphatic carbocycles. The molecule has 1 heterocycles. The maximum atomic E-state index is 12.1. The molecular weight excluding hydrogens is 295 g/mol. The highest BCUT2D eigenvalue weighted by Gasteiger charge is 2.58. The van der Waals surface area contributed by atoms with E-state index in [1.165, 1.54) is 0 Å². The fourth-order valence-corrected chi connectivity index (χ4v) is 2.67. The third-order valence-corrected chi connectivity index (χ3v) is 3.80. The molecular formula is C12H15Cl3N2O. The Balaban J connectivity index is 0.000000810. The standard InChI is InChI=1S/C12H13ClN2O.2ClH/c13-10-3-1-2-8(4-10)11(16)15-6-9-5-12(9,14)7-15;;/h1-4,9H,5-7,14H2;2*1H. The molecule has 1 aromatic carbocycles. The van der Waals surface area contributed by atoms with Crippen LogP contribution in [0.3, 0.4) is 0 Å². The zero-order chi connectivity index (χ0) is 11.3. The SMILES string of the molecule is Cl.Cl.NC12CC1CN(C(=O)c1cccc(Cl)c1)C2. The minimum Gasteiger partial charge on any atom is -0.336 e. The first kappa shape index (κ1) is 15.6. The highest BCUT2D eigenvalue weighted by atomic mass is 35.5. The molecule has 18 heavy (non-hydrogen) atoms. The van der Waals surface area contributed by atoms with E-state index in [1.54, 1.807) is 24.3 Å². The molecule has 0 spiro atoms. The van der Waals surface area contributed by atoms with Crippen LogP contribution in [0, 0.1) is 5.92 Å². The number of nitrogens with two attached hydrogens (primary N) is 1. The number of likely N-dealkylation sites (tertiary alicyclic amines) is 1. The van der Waals surface area contributed by atoms with Crippen LogP contribution in [0.1, 0.15) is 16.8 Å². The minimum atomic E-state index is -0.0891. The molecule has 1 saturated carbocycles. The molecule has 3 rings (SSSR count). The monoisotopic (exact) mass is 308 g/mol. The summed E-state index contributed by atoms with van der Waals surface area (Å²) in [6, 6.07) is 7.06. The van der Waals surface area contributed by atoms with Crippen LogP contribution >= 0.6 is 36.4 Å². The number of hydrogen-bond donors (Lipinski definition) is 1. The molecule has 2 N–H and O–H groups in total. The zero-order valence-electron chi connectivity index (χ0n) is 9.64. The third-order valence-electron chi connectivity index (χ3n) is 3.56. The lowest BCUT2D eigenvalue weighted by molar-refractivity contribution is 0.0772. The number of carbonyl (C=O) groups is 1. The maximum absolute atomic E-state index is 12.1. The highest BCUT2D eigenvalue weighted by Crippen LogP contribution is 2.47. The summed E-state index contributed by atoms with van der Waals surface area (Å²) < 4.78 is 0. The molecule has 2 fully saturated rings. The van der Waals surface area contributed by atoms with Crippen molar-refractivity contribution in [2.75, 3.05) is 13.1 Å². The molecule has 1 amide bonds. The lowest BCUT2D eigenvalue weighted by Gasteiger charge is -2.19. The number of fused-ring (bicyclic) bond motifs is 1. The average molecular weight is 310 g/mol. The van der Waals surface area contributed by atoms with Crippen LogP contribution in [0.25, 0.3) is 0 Å². The van der Waals surface area contributed by atoms with Crippen molar-refractivity contribution in [3.63, 3.8) is 0 Å². The van der Waals surface area contributed by atoms with E-state index < -0.39 is 0 Å². The molecule has 6 heteroatoms. The molecule has 0 bridgehead atoms. The van der Waals surface area contributed by atoms with Crippen molar-refractivity contribution in [3.8, 4) is 0 Å². The largest absolute Gasteiger partial charge is 0.336 e. The van der Waals surface area contributed by atoms with E-state index in [9.17, 15) is 4.79 Å². The fraction of sp³-hybridized carbons (Fsp3) is 0.417. The van der Waals surface area contributed by atoms with Crippen LogP contribution in [0.15, 0.2) is 24.3 Å². The van der Waals surface area contributed by atoms with Crippen LogP contribution in [-0.4, -0.2) is 29.4 Å². The number of rotatable bonds is 1. The first-order chi connectivity index (χ1) is 7.58. The van der Waals surface area contributed by atoms with E-state index in [0.717, 1.165) is 13.0 Å². The lowest BCUT2D eigenvalue weighted by Crippen LogP contribution is -2.36. The maximum Gasteiger partial charge on any atom is 0.253 e. The van der Waals surface area contributed by atoms with Gasteiger partial charge < -0.3 is 10.6 Å². The van der Waals surface area contributed by atoms with Crippen LogP contribution in [0.4, 0.5) is 0 Å². The summed E-state index contributed by atoms with van der Waals surface area (Å²) in [7, 11) is 0. The Morgan fingerprint density at radius 2 is 2.17 bits per heavy atom. The van der Waals surface area contributed by atoms with Crippen molar-refractivity contribution < 1.29 is 4.79 Å². The van der Waals surface area contributed by atoms with Gasteiger partial charge in [-0.3, -0.25) is 4.79 Å². The van der Waals surface area contributed by atoms with Crippen molar-refractivity contribution in [3.05, 3.63) is 34.9 Å². The number of piperidine rings is 1. The predicted molar refractivity (Wildman–Crippen MR) is 76.9 cm³/mol.